The van der Waals surface area contributed by atoms with E-state index in [2.05, 4.69) is 73.5 Å². The van der Waals surface area contributed by atoms with Crippen LogP contribution >= 0.6 is 0 Å². The van der Waals surface area contributed by atoms with Crippen molar-refractivity contribution in [2.24, 2.45) is 5.41 Å². The largest absolute Gasteiger partial charge is 0.306 e. The van der Waals surface area contributed by atoms with Gasteiger partial charge in [-0.2, -0.15) is 0 Å². The van der Waals surface area contributed by atoms with Crippen LogP contribution in [0.15, 0.2) is 54.9 Å². The van der Waals surface area contributed by atoms with Gasteiger partial charge in [0.2, 0.25) is 0 Å². The molecule has 0 radical (unpaired) electrons. The van der Waals surface area contributed by atoms with Crippen molar-refractivity contribution >= 4 is 0 Å². The summed E-state index contributed by atoms with van der Waals surface area (Å²) in [5, 5.41) is 3.68. The third-order valence-electron chi connectivity index (χ3n) is 3.40. The van der Waals surface area contributed by atoms with Gasteiger partial charge in [0, 0.05) is 12.4 Å². The zero-order chi connectivity index (χ0) is 14.4. The smallest absolute Gasteiger partial charge is 0.0577 e. The van der Waals surface area contributed by atoms with Gasteiger partial charge < -0.3 is 5.32 Å². The van der Waals surface area contributed by atoms with Crippen molar-refractivity contribution in [1.29, 1.82) is 0 Å². The van der Waals surface area contributed by atoms with Crippen LogP contribution in [0.3, 0.4) is 0 Å². The van der Waals surface area contributed by atoms with Crippen molar-refractivity contribution < 1.29 is 0 Å². The average Bonchev–Trinajstić information content (AvgIpc) is 2.44. The molecule has 2 aromatic rings. The number of pyridine rings is 1. The van der Waals surface area contributed by atoms with Crippen LogP contribution in [0.1, 0.15) is 44.4 Å². The molecule has 1 N–H and O–H groups in total. The average molecular weight is 268 g/mol. The van der Waals surface area contributed by atoms with Crippen molar-refractivity contribution in [2.45, 2.75) is 33.2 Å². The Bertz CT molecular complexity index is 460. The van der Waals surface area contributed by atoms with E-state index in [0.29, 0.717) is 5.41 Å². The molecule has 1 atom stereocenters. The molecule has 0 aliphatic heterocycles. The summed E-state index contributed by atoms with van der Waals surface area (Å²) < 4.78 is 0. The quantitative estimate of drug-likeness (QED) is 0.879. The molecule has 1 aromatic heterocycles. The van der Waals surface area contributed by atoms with E-state index in [1.807, 2.05) is 12.4 Å². The lowest BCUT2D eigenvalue weighted by Crippen LogP contribution is -2.26. The van der Waals surface area contributed by atoms with Crippen LogP contribution in [0.4, 0.5) is 0 Å². The normalized spacial score (nSPS) is 13.2. The molecule has 1 aromatic carbocycles. The van der Waals surface area contributed by atoms with E-state index in [-0.39, 0.29) is 6.04 Å². The lowest BCUT2D eigenvalue weighted by atomic mass is 9.91. The fourth-order valence-corrected chi connectivity index (χ4v) is 2.22. The number of nitrogens with one attached hydrogen (secondary N) is 1. The predicted octanol–water partition coefficient (Wildman–Crippen LogP) is 4.20. The van der Waals surface area contributed by atoms with Crippen LogP contribution in [0, 0.1) is 5.41 Å². The first-order valence-corrected chi connectivity index (χ1v) is 7.24. The zero-order valence-corrected chi connectivity index (χ0v) is 12.6. The standard InChI is InChI=1S/C18H24N2/c1-18(2,3)11-14-20-17(15-7-5-4-6-8-15)16-9-12-19-13-10-16/h4-10,12-13,17,20H,11,14H2,1-3H3. The van der Waals surface area contributed by atoms with Gasteiger partial charge in [0.15, 0.2) is 0 Å². The lowest BCUT2D eigenvalue weighted by Gasteiger charge is -2.23. The fraction of sp³-hybridized carbons (Fsp3) is 0.389. The number of hydrogen-bond donors (Lipinski definition) is 1. The monoisotopic (exact) mass is 268 g/mol. The van der Waals surface area contributed by atoms with E-state index in [0.717, 1.165) is 13.0 Å². The number of hydrogen-bond acceptors (Lipinski definition) is 2. The van der Waals surface area contributed by atoms with E-state index in [1.165, 1.54) is 11.1 Å². The van der Waals surface area contributed by atoms with E-state index in [1.54, 1.807) is 0 Å². The Kier molecular flexibility index (Phi) is 4.91. The third kappa shape index (κ3) is 4.46. The van der Waals surface area contributed by atoms with Crippen LogP contribution in [0.25, 0.3) is 0 Å². The molecule has 20 heavy (non-hydrogen) atoms. The fourth-order valence-electron chi connectivity index (χ4n) is 2.22. The first-order chi connectivity index (χ1) is 9.56. The Morgan fingerprint density at radius 2 is 1.55 bits per heavy atom. The highest BCUT2D eigenvalue weighted by atomic mass is 14.9. The van der Waals surface area contributed by atoms with Gasteiger partial charge in [-0.15, -0.1) is 0 Å². The highest BCUT2D eigenvalue weighted by Gasteiger charge is 2.15. The summed E-state index contributed by atoms with van der Waals surface area (Å²) in [6, 6.07) is 15.0. The van der Waals surface area contributed by atoms with Gasteiger partial charge in [-0.3, -0.25) is 4.98 Å². The predicted molar refractivity (Wildman–Crippen MR) is 84.6 cm³/mol. The second-order valence-corrected chi connectivity index (χ2v) is 6.39. The summed E-state index contributed by atoms with van der Waals surface area (Å²) >= 11 is 0. The molecule has 0 bridgehead atoms. The maximum atomic E-state index is 4.11. The van der Waals surface area contributed by atoms with Crippen molar-refractivity contribution in [2.75, 3.05) is 6.54 Å². The molecule has 2 nitrogen and oxygen atoms in total. The topological polar surface area (TPSA) is 24.9 Å². The molecule has 2 rings (SSSR count). The second-order valence-electron chi connectivity index (χ2n) is 6.39. The molecule has 0 saturated heterocycles. The Morgan fingerprint density at radius 1 is 0.950 bits per heavy atom. The van der Waals surface area contributed by atoms with Gasteiger partial charge in [0.05, 0.1) is 6.04 Å². The lowest BCUT2D eigenvalue weighted by molar-refractivity contribution is 0.361. The summed E-state index contributed by atoms with van der Waals surface area (Å²) in [5.41, 5.74) is 2.92. The minimum atomic E-state index is 0.238. The number of rotatable bonds is 5. The Balaban J connectivity index is 2.13. The van der Waals surface area contributed by atoms with E-state index in [9.17, 15) is 0 Å². The van der Waals surface area contributed by atoms with Crippen molar-refractivity contribution in [3.05, 3.63) is 66.0 Å². The first kappa shape index (κ1) is 14.7. The first-order valence-electron chi connectivity index (χ1n) is 7.24. The minimum Gasteiger partial charge on any atom is -0.306 e. The molecular weight excluding hydrogens is 244 g/mol. The Labute approximate surface area is 122 Å². The van der Waals surface area contributed by atoms with Crippen LogP contribution in [0.2, 0.25) is 0 Å². The van der Waals surface area contributed by atoms with E-state index < -0.39 is 0 Å². The van der Waals surface area contributed by atoms with Crippen molar-refractivity contribution in [1.82, 2.24) is 10.3 Å². The molecular formula is C18H24N2. The SMILES string of the molecule is CC(C)(C)CCNC(c1ccccc1)c1ccncc1. The van der Waals surface area contributed by atoms with E-state index >= 15 is 0 Å². The van der Waals surface area contributed by atoms with Gasteiger partial charge in [-0.05, 0) is 41.6 Å². The molecule has 0 spiro atoms. The van der Waals surface area contributed by atoms with Gasteiger partial charge in [0.1, 0.15) is 0 Å². The van der Waals surface area contributed by atoms with Crippen LogP contribution < -0.4 is 5.32 Å². The van der Waals surface area contributed by atoms with Crippen LogP contribution in [-0.4, -0.2) is 11.5 Å². The second kappa shape index (κ2) is 6.67. The maximum absolute atomic E-state index is 4.11. The van der Waals surface area contributed by atoms with Gasteiger partial charge in [-0.1, -0.05) is 51.1 Å². The Morgan fingerprint density at radius 3 is 2.15 bits per heavy atom. The van der Waals surface area contributed by atoms with Gasteiger partial charge in [0.25, 0.3) is 0 Å². The van der Waals surface area contributed by atoms with E-state index in [4.69, 9.17) is 0 Å². The van der Waals surface area contributed by atoms with Crippen LogP contribution in [0.5, 0.6) is 0 Å². The van der Waals surface area contributed by atoms with Gasteiger partial charge in [-0.25, -0.2) is 0 Å². The molecule has 106 valence electrons. The Hall–Kier alpha value is -1.67. The van der Waals surface area contributed by atoms with Gasteiger partial charge >= 0.3 is 0 Å². The number of nitrogens with zero attached hydrogens (tertiary/aromatic N) is 1. The number of benzene rings is 1. The molecule has 2 heteroatoms. The molecule has 0 aliphatic rings. The van der Waals surface area contributed by atoms with Crippen molar-refractivity contribution in [3.8, 4) is 0 Å². The summed E-state index contributed by atoms with van der Waals surface area (Å²) in [6.45, 7) is 7.83. The summed E-state index contributed by atoms with van der Waals surface area (Å²) in [4.78, 5) is 4.11. The molecule has 0 aliphatic carbocycles. The van der Waals surface area contributed by atoms with Crippen molar-refractivity contribution in [3.63, 3.8) is 0 Å². The summed E-state index contributed by atoms with van der Waals surface area (Å²) in [7, 11) is 0. The van der Waals surface area contributed by atoms with Crippen LogP contribution in [-0.2, 0) is 0 Å². The molecule has 0 fully saturated rings. The molecule has 0 saturated carbocycles. The highest BCUT2D eigenvalue weighted by Crippen LogP contribution is 2.23. The maximum Gasteiger partial charge on any atom is 0.0577 e. The molecule has 1 heterocycles. The zero-order valence-electron chi connectivity index (χ0n) is 12.6. The minimum absolute atomic E-state index is 0.238. The molecule has 0 amide bonds. The third-order valence-corrected chi connectivity index (χ3v) is 3.40. The highest BCUT2D eigenvalue weighted by molar-refractivity contribution is 5.30. The summed E-state index contributed by atoms with van der Waals surface area (Å²) in [5.74, 6) is 0. The molecule has 1 unspecified atom stereocenters. The summed E-state index contributed by atoms with van der Waals surface area (Å²) in [6.07, 6.45) is 4.87. The number of aromatic nitrogens is 1.